The highest BCUT2D eigenvalue weighted by Crippen LogP contribution is 2.40. The molecule has 0 amide bonds. The van der Waals surface area contributed by atoms with Crippen molar-refractivity contribution in [3.8, 4) is 0 Å². The van der Waals surface area contributed by atoms with Gasteiger partial charge in [-0.25, -0.2) is 0 Å². The van der Waals surface area contributed by atoms with Crippen LogP contribution in [0.3, 0.4) is 0 Å². The predicted molar refractivity (Wildman–Crippen MR) is 140 cm³/mol. The third-order valence-electron chi connectivity index (χ3n) is 6.04. The lowest BCUT2D eigenvalue weighted by atomic mass is 9.80. The molecule has 180 valence electrons. The van der Waals surface area contributed by atoms with Gasteiger partial charge in [0.1, 0.15) is 11.7 Å². The van der Waals surface area contributed by atoms with Crippen LogP contribution in [-0.2, 0) is 15.1 Å². The van der Waals surface area contributed by atoms with Crippen molar-refractivity contribution >= 4 is 0 Å². The van der Waals surface area contributed by atoms with Crippen molar-refractivity contribution < 1.29 is 14.6 Å². The topological polar surface area (TPSA) is 38.7 Å². The average Bonchev–Trinajstić information content (AvgIpc) is 2.90. The maximum absolute atomic E-state index is 10.7. The highest BCUT2D eigenvalue weighted by atomic mass is 16.5. The van der Waals surface area contributed by atoms with E-state index >= 15 is 0 Å². The summed E-state index contributed by atoms with van der Waals surface area (Å²) >= 11 is 0. The van der Waals surface area contributed by atoms with Crippen LogP contribution in [0, 0.1) is 0 Å². The summed E-state index contributed by atoms with van der Waals surface area (Å²) in [6, 6.07) is 30.7. The Morgan fingerprint density at radius 2 is 1.15 bits per heavy atom. The number of ether oxygens (including phenoxy) is 2. The summed E-state index contributed by atoms with van der Waals surface area (Å²) in [4.78, 5) is 0. The fraction of sp³-hybridized carbons (Fsp3) is 0.355. The summed E-state index contributed by atoms with van der Waals surface area (Å²) in [5.74, 6) is 0. The molecule has 0 saturated carbocycles. The van der Waals surface area contributed by atoms with Crippen LogP contribution < -0.4 is 0 Å². The summed E-state index contributed by atoms with van der Waals surface area (Å²) < 4.78 is 12.4. The third-order valence-corrected chi connectivity index (χ3v) is 6.04. The molecule has 0 saturated heterocycles. The van der Waals surface area contributed by atoms with Gasteiger partial charge in [0.15, 0.2) is 0 Å². The normalized spacial score (nSPS) is 12.4. The molecule has 0 aliphatic heterocycles. The molecule has 0 fully saturated rings. The van der Waals surface area contributed by atoms with Crippen molar-refractivity contribution in [3.05, 3.63) is 120 Å². The molecule has 34 heavy (non-hydrogen) atoms. The third kappa shape index (κ3) is 7.39. The van der Waals surface area contributed by atoms with Crippen LogP contribution in [-0.4, -0.2) is 31.0 Å². The van der Waals surface area contributed by atoms with Gasteiger partial charge in [-0.2, -0.15) is 0 Å². The Balaban J connectivity index is 1.65. The van der Waals surface area contributed by atoms with Gasteiger partial charge in [0.2, 0.25) is 0 Å². The van der Waals surface area contributed by atoms with E-state index in [1.165, 1.54) is 19.3 Å². The second kappa shape index (κ2) is 14.5. The van der Waals surface area contributed by atoms with Gasteiger partial charge < -0.3 is 14.6 Å². The van der Waals surface area contributed by atoms with Crippen LogP contribution >= 0.6 is 0 Å². The number of allylic oxidation sites excluding steroid dienone is 1. The first kappa shape index (κ1) is 25.9. The van der Waals surface area contributed by atoms with Crippen molar-refractivity contribution in [1.29, 1.82) is 0 Å². The SMILES string of the molecule is C=CCCCCCCCOCC(O)COC(c1ccccc1)(c1ccccc1)c1ccccc1. The standard InChI is InChI=1S/C31H38O3/c1-2-3-4-5-6-7-17-24-33-25-30(32)26-34-31(27-18-11-8-12-19-27,28-20-13-9-14-21-28)29-22-15-10-16-23-29/h2,8-16,18-23,30,32H,1,3-7,17,24-26H2. The van der Waals surface area contributed by atoms with Gasteiger partial charge in [0, 0.05) is 6.61 Å². The fourth-order valence-electron chi connectivity index (χ4n) is 4.28. The molecule has 3 aromatic carbocycles. The molecule has 0 radical (unpaired) electrons. The van der Waals surface area contributed by atoms with Crippen molar-refractivity contribution in [2.75, 3.05) is 19.8 Å². The second-order valence-corrected chi connectivity index (χ2v) is 8.66. The van der Waals surface area contributed by atoms with Crippen LogP contribution in [0.4, 0.5) is 0 Å². The first-order valence-corrected chi connectivity index (χ1v) is 12.4. The smallest absolute Gasteiger partial charge is 0.143 e. The van der Waals surface area contributed by atoms with E-state index in [9.17, 15) is 5.11 Å². The van der Waals surface area contributed by atoms with E-state index in [0.717, 1.165) is 36.0 Å². The molecular formula is C31H38O3. The van der Waals surface area contributed by atoms with Crippen LogP contribution in [0.1, 0.15) is 55.2 Å². The first-order valence-electron chi connectivity index (χ1n) is 12.4. The Morgan fingerprint density at radius 1 is 0.676 bits per heavy atom. The minimum absolute atomic E-state index is 0.167. The highest BCUT2D eigenvalue weighted by Gasteiger charge is 2.37. The van der Waals surface area contributed by atoms with E-state index < -0.39 is 11.7 Å². The van der Waals surface area contributed by atoms with Crippen LogP contribution in [0.2, 0.25) is 0 Å². The zero-order valence-electron chi connectivity index (χ0n) is 20.1. The molecule has 3 nitrogen and oxygen atoms in total. The first-order chi connectivity index (χ1) is 16.8. The molecule has 3 aromatic rings. The summed E-state index contributed by atoms with van der Waals surface area (Å²) in [5, 5.41) is 10.7. The predicted octanol–water partition coefficient (Wildman–Crippen LogP) is 6.90. The Hall–Kier alpha value is -2.72. The minimum atomic E-state index is -0.823. The summed E-state index contributed by atoms with van der Waals surface area (Å²) in [6.45, 7) is 4.87. The summed E-state index contributed by atoms with van der Waals surface area (Å²) in [7, 11) is 0. The van der Waals surface area contributed by atoms with Crippen LogP contribution in [0.15, 0.2) is 104 Å². The molecule has 0 aliphatic rings. The van der Waals surface area contributed by atoms with Crippen LogP contribution in [0.25, 0.3) is 0 Å². The number of hydrogen-bond acceptors (Lipinski definition) is 3. The van der Waals surface area contributed by atoms with Gasteiger partial charge in [-0.15, -0.1) is 6.58 Å². The largest absolute Gasteiger partial charge is 0.388 e. The summed E-state index contributed by atoms with van der Waals surface area (Å²) in [5.41, 5.74) is 2.25. The minimum Gasteiger partial charge on any atom is -0.388 e. The number of aliphatic hydroxyl groups excluding tert-OH is 1. The zero-order chi connectivity index (χ0) is 23.9. The van der Waals surface area contributed by atoms with E-state index in [0.29, 0.717) is 6.61 Å². The van der Waals surface area contributed by atoms with Gasteiger partial charge in [-0.1, -0.05) is 116 Å². The van der Waals surface area contributed by atoms with E-state index in [1.807, 2.05) is 60.7 Å². The van der Waals surface area contributed by atoms with Gasteiger partial charge in [0.25, 0.3) is 0 Å². The van der Waals surface area contributed by atoms with Crippen molar-refractivity contribution in [3.63, 3.8) is 0 Å². The lowest BCUT2D eigenvalue weighted by Gasteiger charge is -2.36. The number of unbranched alkanes of at least 4 members (excludes halogenated alkanes) is 5. The van der Waals surface area contributed by atoms with E-state index in [1.54, 1.807) is 0 Å². The molecule has 1 unspecified atom stereocenters. The van der Waals surface area contributed by atoms with E-state index in [4.69, 9.17) is 9.47 Å². The molecule has 0 spiro atoms. The molecule has 0 heterocycles. The van der Waals surface area contributed by atoms with Gasteiger partial charge in [-0.05, 0) is 36.0 Å². The molecule has 3 heteroatoms. The zero-order valence-corrected chi connectivity index (χ0v) is 20.1. The molecule has 0 aliphatic carbocycles. The lowest BCUT2D eigenvalue weighted by molar-refractivity contribution is -0.0641. The Kier molecular flexibility index (Phi) is 11.1. The Bertz CT molecular complexity index is 828. The van der Waals surface area contributed by atoms with Crippen molar-refractivity contribution in [2.24, 2.45) is 0 Å². The molecule has 1 atom stereocenters. The number of hydrogen-bond donors (Lipinski definition) is 1. The second-order valence-electron chi connectivity index (χ2n) is 8.66. The van der Waals surface area contributed by atoms with Crippen molar-refractivity contribution in [2.45, 2.75) is 50.2 Å². The highest BCUT2D eigenvalue weighted by molar-refractivity contribution is 5.47. The monoisotopic (exact) mass is 458 g/mol. The van der Waals surface area contributed by atoms with Gasteiger partial charge >= 0.3 is 0 Å². The average molecular weight is 459 g/mol. The molecule has 0 bridgehead atoms. The lowest BCUT2D eigenvalue weighted by Crippen LogP contribution is -2.36. The summed E-state index contributed by atoms with van der Waals surface area (Å²) in [6.07, 6.45) is 8.22. The maximum Gasteiger partial charge on any atom is 0.143 e. The van der Waals surface area contributed by atoms with Crippen molar-refractivity contribution in [1.82, 2.24) is 0 Å². The van der Waals surface area contributed by atoms with Crippen LogP contribution in [0.5, 0.6) is 0 Å². The maximum atomic E-state index is 10.7. The number of rotatable bonds is 16. The van der Waals surface area contributed by atoms with Gasteiger partial charge in [0.05, 0.1) is 13.2 Å². The molecule has 3 rings (SSSR count). The molecule has 0 aromatic heterocycles. The van der Waals surface area contributed by atoms with E-state index in [2.05, 4.69) is 43.0 Å². The molecular weight excluding hydrogens is 420 g/mol. The Morgan fingerprint density at radius 3 is 1.65 bits per heavy atom. The van der Waals surface area contributed by atoms with Gasteiger partial charge in [-0.3, -0.25) is 0 Å². The fourth-order valence-corrected chi connectivity index (χ4v) is 4.28. The Labute approximate surface area is 205 Å². The quantitative estimate of drug-likeness (QED) is 0.144. The number of aliphatic hydroxyl groups is 1. The molecule has 1 N–H and O–H groups in total. The van der Waals surface area contributed by atoms with E-state index in [-0.39, 0.29) is 13.2 Å². The number of benzene rings is 3.